The smallest absolute Gasteiger partial charge is 0.287 e. The van der Waals surface area contributed by atoms with Gasteiger partial charge in [-0.1, -0.05) is 0 Å². The van der Waals surface area contributed by atoms with Crippen LogP contribution < -0.4 is 5.32 Å². The van der Waals surface area contributed by atoms with Crippen LogP contribution in [-0.4, -0.2) is 5.91 Å². The normalized spacial score (nSPS) is 12.4. The molecule has 1 amide bonds. The Morgan fingerprint density at radius 3 is 2.89 bits per heavy atom. The largest absolute Gasteiger partial charge is 0.467 e. The van der Waals surface area contributed by atoms with Crippen molar-refractivity contribution in [1.29, 1.82) is 0 Å². The van der Waals surface area contributed by atoms with E-state index in [4.69, 9.17) is 20.4 Å². The fraction of sp³-hybridized carbons (Fsp3) is 0.308. The van der Waals surface area contributed by atoms with Crippen molar-refractivity contribution in [3.8, 4) is 0 Å². The molecule has 2 aromatic heterocycles. The monoisotopic (exact) mass is 267 g/mol. The number of furan rings is 2. The van der Waals surface area contributed by atoms with Crippen LogP contribution in [0.15, 0.2) is 33.3 Å². The Morgan fingerprint density at radius 1 is 1.56 bits per heavy atom. The number of amides is 1. The molecule has 0 aromatic carbocycles. The molecular weight excluding hydrogens is 254 g/mol. The summed E-state index contributed by atoms with van der Waals surface area (Å²) in [6.07, 6.45) is 1.57. The summed E-state index contributed by atoms with van der Waals surface area (Å²) in [4.78, 5) is 11.9. The molecule has 1 unspecified atom stereocenters. The van der Waals surface area contributed by atoms with Crippen molar-refractivity contribution in [3.05, 3.63) is 47.3 Å². The number of carbonyl (C=O) groups excluding carboxylic acids is 1. The Bertz CT molecular complexity index is 530. The van der Waals surface area contributed by atoms with Crippen LogP contribution in [0.3, 0.4) is 0 Å². The highest BCUT2D eigenvalue weighted by Crippen LogP contribution is 2.18. The van der Waals surface area contributed by atoms with Crippen molar-refractivity contribution in [3.63, 3.8) is 0 Å². The average molecular weight is 268 g/mol. The fourth-order valence-electron chi connectivity index (χ4n) is 1.64. The molecule has 1 atom stereocenters. The van der Waals surface area contributed by atoms with Gasteiger partial charge in [0.15, 0.2) is 5.76 Å². The van der Waals surface area contributed by atoms with Crippen molar-refractivity contribution in [2.75, 3.05) is 0 Å². The fourth-order valence-corrected chi connectivity index (χ4v) is 1.91. The number of alkyl halides is 1. The van der Waals surface area contributed by atoms with E-state index in [2.05, 4.69) is 5.32 Å². The minimum atomic E-state index is -0.279. The lowest BCUT2D eigenvalue weighted by molar-refractivity contribution is 0.0906. The van der Waals surface area contributed by atoms with E-state index in [9.17, 15) is 4.79 Å². The van der Waals surface area contributed by atoms with E-state index in [0.29, 0.717) is 17.4 Å². The van der Waals surface area contributed by atoms with Gasteiger partial charge in [-0.15, -0.1) is 11.6 Å². The standard InChI is InChI=1S/C13H14ClNO3/c1-8(11-4-3-5-17-11)15-13(16)12-6-10(7-14)9(2)18-12/h3-6,8H,7H2,1-2H3,(H,15,16). The van der Waals surface area contributed by atoms with Gasteiger partial charge in [-0.25, -0.2) is 0 Å². The third-order valence-electron chi connectivity index (χ3n) is 2.71. The van der Waals surface area contributed by atoms with Gasteiger partial charge in [0.25, 0.3) is 5.91 Å². The molecule has 18 heavy (non-hydrogen) atoms. The molecule has 5 heteroatoms. The molecule has 0 radical (unpaired) electrons. The van der Waals surface area contributed by atoms with Crippen molar-refractivity contribution in [2.45, 2.75) is 25.8 Å². The number of aryl methyl sites for hydroxylation is 1. The van der Waals surface area contributed by atoms with Gasteiger partial charge in [-0.2, -0.15) is 0 Å². The van der Waals surface area contributed by atoms with Gasteiger partial charge in [0.2, 0.25) is 0 Å². The van der Waals surface area contributed by atoms with Crippen LogP contribution in [0, 0.1) is 6.92 Å². The van der Waals surface area contributed by atoms with Gasteiger partial charge in [-0.3, -0.25) is 4.79 Å². The summed E-state index contributed by atoms with van der Waals surface area (Å²) in [5.41, 5.74) is 0.826. The van der Waals surface area contributed by atoms with E-state index >= 15 is 0 Å². The van der Waals surface area contributed by atoms with E-state index in [1.165, 1.54) is 0 Å². The molecule has 4 nitrogen and oxygen atoms in total. The van der Waals surface area contributed by atoms with Gasteiger partial charge in [0, 0.05) is 5.56 Å². The van der Waals surface area contributed by atoms with E-state index in [1.807, 2.05) is 13.0 Å². The highest BCUT2D eigenvalue weighted by atomic mass is 35.5. The summed E-state index contributed by atoms with van der Waals surface area (Å²) in [6.45, 7) is 3.62. The number of halogens is 1. The van der Waals surface area contributed by atoms with Crippen LogP contribution in [0.4, 0.5) is 0 Å². The Kier molecular flexibility index (Phi) is 3.77. The maximum absolute atomic E-state index is 11.9. The quantitative estimate of drug-likeness (QED) is 0.864. The zero-order valence-corrected chi connectivity index (χ0v) is 11.0. The molecule has 0 aliphatic rings. The lowest BCUT2D eigenvalue weighted by atomic mass is 10.2. The second kappa shape index (κ2) is 5.31. The second-order valence-corrected chi connectivity index (χ2v) is 4.30. The van der Waals surface area contributed by atoms with Crippen LogP contribution in [0.5, 0.6) is 0 Å². The Morgan fingerprint density at radius 2 is 2.33 bits per heavy atom. The maximum Gasteiger partial charge on any atom is 0.287 e. The average Bonchev–Trinajstić information content (AvgIpc) is 2.97. The first-order valence-electron chi connectivity index (χ1n) is 5.61. The molecule has 0 saturated carbocycles. The molecule has 1 N–H and O–H groups in total. The minimum absolute atomic E-state index is 0.211. The molecule has 0 aliphatic carbocycles. The minimum Gasteiger partial charge on any atom is -0.467 e. The summed E-state index contributed by atoms with van der Waals surface area (Å²) >= 11 is 5.73. The first-order valence-corrected chi connectivity index (χ1v) is 6.14. The molecule has 0 fully saturated rings. The number of hydrogen-bond acceptors (Lipinski definition) is 3. The van der Waals surface area contributed by atoms with Gasteiger partial charge in [0.1, 0.15) is 11.5 Å². The predicted octanol–water partition coefficient (Wildman–Crippen LogP) is 3.41. The molecular formula is C13H14ClNO3. The van der Waals surface area contributed by atoms with Crippen molar-refractivity contribution in [2.24, 2.45) is 0 Å². The Hall–Kier alpha value is -1.68. The van der Waals surface area contributed by atoms with Crippen LogP contribution in [0.1, 0.15) is 40.6 Å². The molecule has 0 spiro atoms. The summed E-state index contributed by atoms with van der Waals surface area (Å²) in [5, 5.41) is 2.79. The van der Waals surface area contributed by atoms with Crippen LogP contribution in [0.25, 0.3) is 0 Å². The third kappa shape index (κ3) is 2.59. The van der Waals surface area contributed by atoms with Crippen LogP contribution in [-0.2, 0) is 5.88 Å². The first kappa shape index (κ1) is 12.8. The summed E-state index contributed by atoms with van der Waals surface area (Å²) in [7, 11) is 0. The van der Waals surface area contributed by atoms with Crippen LogP contribution in [0.2, 0.25) is 0 Å². The van der Waals surface area contributed by atoms with E-state index in [0.717, 1.165) is 5.56 Å². The Labute approximate surface area is 110 Å². The molecule has 2 rings (SSSR count). The molecule has 0 aliphatic heterocycles. The topological polar surface area (TPSA) is 55.4 Å². The van der Waals surface area contributed by atoms with Crippen molar-refractivity contribution >= 4 is 17.5 Å². The number of nitrogens with one attached hydrogen (secondary N) is 1. The van der Waals surface area contributed by atoms with Crippen molar-refractivity contribution < 1.29 is 13.6 Å². The number of carbonyl (C=O) groups is 1. The predicted molar refractivity (Wildman–Crippen MR) is 67.6 cm³/mol. The molecule has 0 bridgehead atoms. The maximum atomic E-state index is 11.9. The SMILES string of the molecule is Cc1oc(C(=O)NC(C)c2ccco2)cc1CCl. The Balaban J connectivity index is 2.07. The highest BCUT2D eigenvalue weighted by molar-refractivity contribution is 6.17. The van der Waals surface area contributed by atoms with E-state index in [1.54, 1.807) is 25.3 Å². The van der Waals surface area contributed by atoms with Crippen LogP contribution >= 0.6 is 11.6 Å². The van der Waals surface area contributed by atoms with Gasteiger partial charge in [-0.05, 0) is 32.0 Å². The lowest BCUT2D eigenvalue weighted by Crippen LogP contribution is -2.25. The zero-order chi connectivity index (χ0) is 13.1. The molecule has 2 aromatic rings. The molecule has 0 saturated heterocycles. The number of hydrogen-bond donors (Lipinski definition) is 1. The van der Waals surface area contributed by atoms with E-state index in [-0.39, 0.29) is 17.7 Å². The van der Waals surface area contributed by atoms with Crippen molar-refractivity contribution in [1.82, 2.24) is 5.32 Å². The zero-order valence-electron chi connectivity index (χ0n) is 10.2. The second-order valence-electron chi connectivity index (χ2n) is 4.04. The van der Waals surface area contributed by atoms with Gasteiger partial charge < -0.3 is 14.2 Å². The van der Waals surface area contributed by atoms with Gasteiger partial charge >= 0.3 is 0 Å². The molecule has 2 heterocycles. The first-order chi connectivity index (χ1) is 8.61. The lowest BCUT2D eigenvalue weighted by Gasteiger charge is -2.09. The molecule has 96 valence electrons. The third-order valence-corrected chi connectivity index (χ3v) is 2.99. The highest BCUT2D eigenvalue weighted by Gasteiger charge is 2.17. The summed E-state index contributed by atoms with van der Waals surface area (Å²) in [6, 6.07) is 5.03. The summed E-state index contributed by atoms with van der Waals surface area (Å²) < 4.78 is 10.6. The summed E-state index contributed by atoms with van der Waals surface area (Å²) in [5.74, 6) is 1.68. The van der Waals surface area contributed by atoms with E-state index < -0.39 is 0 Å². The number of rotatable bonds is 4. The van der Waals surface area contributed by atoms with Gasteiger partial charge in [0.05, 0.1) is 18.2 Å².